The molecule has 0 bridgehead atoms. The van der Waals surface area contributed by atoms with E-state index in [0.717, 1.165) is 0 Å². The highest BCUT2D eigenvalue weighted by atomic mass is 16.7. The van der Waals surface area contributed by atoms with Gasteiger partial charge in [-0.05, 0) is 20.8 Å². The van der Waals surface area contributed by atoms with E-state index in [0.29, 0.717) is 6.54 Å². The van der Waals surface area contributed by atoms with Crippen molar-refractivity contribution in [1.82, 2.24) is 5.48 Å². The lowest BCUT2D eigenvalue weighted by Crippen LogP contribution is -2.35. The average Bonchev–Trinajstić information content (AvgIpc) is 1.96. The zero-order valence-corrected chi connectivity index (χ0v) is 8.51. The van der Waals surface area contributed by atoms with Crippen molar-refractivity contribution in [1.29, 1.82) is 0 Å². The van der Waals surface area contributed by atoms with Gasteiger partial charge < -0.3 is 9.47 Å². The summed E-state index contributed by atoms with van der Waals surface area (Å²) in [7, 11) is 3.18. The van der Waals surface area contributed by atoms with Crippen LogP contribution in [0.4, 0.5) is 0 Å². The summed E-state index contributed by atoms with van der Waals surface area (Å²) >= 11 is 0. The summed E-state index contributed by atoms with van der Waals surface area (Å²) in [6, 6.07) is 0. The van der Waals surface area contributed by atoms with Gasteiger partial charge in [0.05, 0.1) is 12.1 Å². The molecule has 0 fully saturated rings. The Hall–Kier alpha value is -0.160. The molecule has 0 saturated carbocycles. The molecule has 0 atom stereocenters. The lowest BCUT2D eigenvalue weighted by Gasteiger charge is -2.21. The molecule has 0 unspecified atom stereocenters. The van der Waals surface area contributed by atoms with Gasteiger partial charge in [-0.25, -0.2) is 0 Å². The second-order valence-electron chi connectivity index (χ2n) is 3.46. The van der Waals surface area contributed by atoms with Gasteiger partial charge >= 0.3 is 0 Å². The second-order valence-corrected chi connectivity index (χ2v) is 3.46. The highest BCUT2D eigenvalue weighted by molar-refractivity contribution is 4.56. The Bertz CT molecular complexity index is 107. The predicted molar refractivity (Wildman–Crippen MR) is 46.6 cm³/mol. The van der Waals surface area contributed by atoms with E-state index in [4.69, 9.17) is 14.3 Å². The van der Waals surface area contributed by atoms with Crippen LogP contribution in [0.1, 0.15) is 20.8 Å². The first kappa shape index (κ1) is 11.8. The molecule has 0 aromatic rings. The van der Waals surface area contributed by atoms with E-state index in [1.54, 1.807) is 14.2 Å². The summed E-state index contributed by atoms with van der Waals surface area (Å²) in [5.41, 5.74) is 2.59. The van der Waals surface area contributed by atoms with Gasteiger partial charge in [0, 0.05) is 14.2 Å². The molecule has 0 spiro atoms. The van der Waals surface area contributed by atoms with E-state index in [9.17, 15) is 0 Å². The van der Waals surface area contributed by atoms with Crippen LogP contribution in [-0.2, 0) is 14.3 Å². The van der Waals surface area contributed by atoms with Gasteiger partial charge in [-0.15, -0.1) is 0 Å². The van der Waals surface area contributed by atoms with Crippen LogP contribution in [0.3, 0.4) is 0 Å². The quantitative estimate of drug-likeness (QED) is 0.501. The molecular formula is C8H19NO3. The minimum Gasteiger partial charge on any atom is -0.354 e. The first-order chi connectivity index (χ1) is 5.49. The molecule has 0 heterocycles. The SMILES string of the molecule is COC(CNOC(C)(C)C)OC. The van der Waals surface area contributed by atoms with E-state index >= 15 is 0 Å². The fourth-order valence-corrected chi connectivity index (χ4v) is 0.589. The summed E-state index contributed by atoms with van der Waals surface area (Å²) in [5.74, 6) is 0. The number of nitrogens with one attached hydrogen (secondary N) is 1. The zero-order chi connectivity index (χ0) is 9.61. The molecule has 0 rings (SSSR count). The van der Waals surface area contributed by atoms with Crippen molar-refractivity contribution in [3.63, 3.8) is 0 Å². The molecule has 0 amide bonds. The van der Waals surface area contributed by atoms with E-state index < -0.39 is 0 Å². The van der Waals surface area contributed by atoms with Gasteiger partial charge in [-0.1, -0.05) is 0 Å². The molecule has 0 aliphatic rings. The van der Waals surface area contributed by atoms with Crippen LogP contribution in [0.15, 0.2) is 0 Å². The Morgan fingerprint density at radius 1 is 1.17 bits per heavy atom. The van der Waals surface area contributed by atoms with Crippen molar-refractivity contribution in [2.75, 3.05) is 20.8 Å². The molecule has 0 radical (unpaired) electrons. The van der Waals surface area contributed by atoms with Gasteiger partial charge in [-0.3, -0.25) is 4.84 Å². The van der Waals surface area contributed by atoms with Gasteiger partial charge in [-0.2, -0.15) is 5.48 Å². The summed E-state index contributed by atoms with van der Waals surface area (Å²) in [6.45, 7) is 6.42. The Labute approximate surface area is 74.1 Å². The number of hydrogen-bond acceptors (Lipinski definition) is 4. The fraction of sp³-hybridized carbons (Fsp3) is 1.00. The number of hydroxylamine groups is 1. The maximum Gasteiger partial charge on any atom is 0.171 e. The average molecular weight is 177 g/mol. The third-order valence-electron chi connectivity index (χ3n) is 1.15. The van der Waals surface area contributed by atoms with Crippen molar-refractivity contribution in [2.45, 2.75) is 32.7 Å². The summed E-state index contributed by atoms with van der Waals surface area (Å²) in [4.78, 5) is 5.25. The number of hydrogen-bond donors (Lipinski definition) is 1. The van der Waals surface area contributed by atoms with Crippen LogP contribution in [0.2, 0.25) is 0 Å². The van der Waals surface area contributed by atoms with Crippen molar-refractivity contribution < 1.29 is 14.3 Å². The minimum absolute atomic E-state index is 0.188. The molecule has 0 aliphatic carbocycles. The van der Waals surface area contributed by atoms with E-state index in [-0.39, 0.29) is 11.9 Å². The largest absolute Gasteiger partial charge is 0.354 e. The smallest absolute Gasteiger partial charge is 0.171 e. The summed E-state index contributed by atoms with van der Waals surface area (Å²) < 4.78 is 9.90. The topological polar surface area (TPSA) is 39.7 Å². The number of rotatable bonds is 5. The summed E-state index contributed by atoms with van der Waals surface area (Å²) in [5, 5.41) is 0. The van der Waals surface area contributed by atoms with Crippen molar-refractivity contribution >= 4 is 0 Å². The monoisotopic (exact) mass is 177 g/mol. The molecule has 4 nitrogen and oxygen atoms in total. The fourth-order valence-electron chi connectivity index (χ4n) is 0.589. The highest BCUT2D eigenvalue weighted by Gasteiger charge is 2.11. The van der Waals surface area contributed by atoms with Crippen molar-refractivity contribution in [3.05, 3.63) is 0 Å². The first-order valence-corrected chi connectivity index (χ1v) is 3.96. The van der Waals surface area contributed by atoms with Crippen LogP contribution >= 0.6 is 0 Å². The van der Waals surface area contributed by atoms with Crippen LogP contribution in [0.25, 0.3) is 0 Å². The maximum atomic E-state index is 5.25. The maximum absolute atomic E-state index is 5.25. The normalized spacial score (nSPS) is 12.5. The van der Waals surface area contributed by atoms with Crippen LogP contribution in [0.5, 0.6) is 0 Å². The van der Waals surface area contributed by atoms with E-state index in [1.165, 1.54) is 0 Å². The lowest BCUT2D eigenvalue weighted by molar-refractivity contribution is -0.143. The molecule has 0 saturated heterocycles. The number of methoxy groups -OCH3 is 2. The molecule has 4 heteroatoms. The summed E-state index contributed by atoms with van der Waals surface area (Å²) in [6.07, 6.45) is -0.257. The second kappa shape index (κ2) is 5.48. The lowest BCUT2D eigenvalue weighted by atomic mass is 10.2. The molecule has 1 N–H and O–H groups in total. The molecule has 0 aromatic carbocycles. The van der Waals surface area contributed by atoms with Crippen molar-refractivity contribution in [3.8, 4) is 0 Å². The van der Waals surface area contributed by atoms with Gasteiger partial charge in [0.1, 0.15) is 0 Å². The molecule has 0 aliphatic heterocycles. The first-order valence-electron chi connectivity index (χ1n) is 3.96. The van der Waals surface area contributed by atoms with E-state index in [1.807, 2.05) is 20.8 Å². The van der Waals surface area contributed by atoms with Crippen LogP contribution in [0, 0.1) is 0 Å². The highest BCUT2D eigenvalue weighted by Crippen LogP contribution is 2.03. The number of ether oxygens (including phenoxy) is 2. The van der Waals surface area contributed by atoms with Gasteiger partial charge in [0.25, 0.3) is 0 Å². The molecule has 0 aromatic heterocycles. The van der Waals surface area contributed by atoms with Crippen LogP contribution < -0.4 is 5.48 Å². The Balaban J connectivity index is 3.41. The standard InChI is InChI=1S/C8H19NO3/c1-8(2,3)12-9-6-7(10-4)11-5/h7,9H,6H2,1-5H3. The minimum atomic E-state index is -0.257. The Morgan fingerprint density at radius 2 is 1.67 bits per heavy atom. The molecule has 74 valence electrons. The van der Waals surface area contributed by atoms with E-state index in [2.05, 4.69) is 5.48 Å². The molecule has 12 heavy (non-hydrogen) atoms. The van der Waals surface area contributed by atoms with Gasteiger partial charge in [0.15, 0.2) is 6.29 Å². The zero-order valence-electron chi connectivity index (χ0n) is 8.51. The third kappa shape index (κ3) is 6.54. The third-order valence-corrected chi connectivity index (χ3v) is 1.15. The predicted octanol–water partition coefficient (Wildman–Crippen LogP) is 0.925. The van der Waals surface area contributed by atoms with Gasteiger partial charge in [0.2, 0.25) is 0 Å². The van der Waals surface area contributed by atoms with Crippen LogP contribution in [-0.4, -0.2) is 32.7 Å². The Kier molecular flexibility index (Phi) is 5.41. The molecular weight excluding hydrogens is 158 g/mol. The Morgan fingerprint density at radius 3 is 2.00 bits per heavy atom. The van der Waals surface area contributed by atoms with Crippen molar-refractivity contribution in [2.24, 2.45) is 0 Å².